The Labute approximate surface area is 180 Å². The van der Waals surface area contributed by atoms with Crippen LogP contribution in [0, 0.1) is 0 Å². The predicted octanol–water partition coefficient (Wildman–Crippen LogP) is 2.35. The highest BCUT2D eigenvalue weighted by atomic mass is 35.5. The van der Waals surface area contributed by atoms with Crippen molar-refractivity contribution in [2.45, 2.75) is 31.6 Å². The zero-order valence-electron chi connectivity index (χ0n) is 16.9. The van der Waals surface area contributed by atoms with Crippen molar-refractivity contribution in [1.82, 2.24) is 15.5 Å². The molecule has 1 spiro atoms. The fourth-order valence-electron chi connectivity index (χ4n) is 4.20. The molecule has 2 fully saturated rings. The Kier molecular flexibility index (Phi) is 6.29. The van der Waals surface area contributed by atoms with E-state index in [0.717, 1.165) is 25.9 Å². The smallest absolute Gasteiger partial charge is 0.338 e. The summed E-state index contributed by atoms with van der Waals surface area (Å²) in [6.45, 7) is 5.12. The summed E-state index contributed by atoms with van der Waals surface area (Å²) >= 11 is 6.38. The predicted molar refractivity (Wildman–Crippen MR) is 110 cm³/mol. The van der Waals surface area contributed by atoms with Gasteiger partial charge in [0.1, 0.15) is 0 Å². The standard InChI is InChI=1S/C21H26ClN3O5/c1-2-28-19(26)17-16(13-25-9-7-21(8-10-25)29-11-12-30-21)23-20(27)24-18(17)14-5-3-4-6-15(14)22/h3-6,18H,2,7-13H2,1H3,(H2,23,24,27)/t18-/m0/s1. The molecule has 4 rings (SSSR count). The van der Waals surface area contributed by atoms with Crippen molar-refractivity contribution in [2.24, 2.45) is 0 Å². The fourth-order valence-corrected chi connectivity index (χ4v) is 4.44. The summed E-state index contributed by atoms with van der Waals surface area (Å²) in [5.41, 5.74) is 1.56. The van der Waals surface area contributed by atoms with Gasteiger partial charge in [0.2, 0.25) is 0 Å². The van der Waals surface area contributed by atoms with E-state index in [1.807, 2.05) is 6.07 Å². The van der Waals surface area contributed by atoms with Crippen LogP contribution in [0.25, 0.3) is 0 Å². The van der Waals surface area contributed by atoms with E-state index in [4.69, 9.17) is 25.8 Å². The molecule has 9 heteroatoms. The Morgan fingerprint density at radius 3 is 2.63 bits per heavy atom. The number of amides is 2. The number of benzene rings is 1. The van der Waals surface area contributed by atoms with Gasteiger partial charge in [-0.2, -0.15) is 0 Å². The second-order valence-electron chi connectivity index (χ2n) is 7.55. The fraction of sp³-hybridized carbons (Fsp3) is 0.524. The maximum absolute atomic E-state index is 12.9. The molecule has 1 aromatic rings. The summed E-state index contributed by atoms with van der Waals surface area (Å²) in [6.07, 6.45) is 1.49. The van der Waals surface area contributed by atoms with E-state index >= 15 is 0 Å². The van der Waals surface area contributed by atoms with Crippen molar-refractivity contribution in [3.05, 3.63) is 46.1 Å². The molecule has 0 aliphatic carbocycles. The van der Waals surface area contributed by atoms with E-state index in [9.17, 15) is 9.59 Å². The Hall–Kier alpha value is -2.13. The largest absolute Gasteiger partial charge is 0.463 e. The van der Waals surface area contributed by atoms with Crippen molar-refractivity contribution in [2.75, 3.05) is 39.5 Å². The van der Waals surface area contributed by atoms with Gasteiger partial charge in [-0.05, 0) is 18.6 Å². The first-order chi connectivity index (χ1) is 14.5. The number of rotatable bonds is 5. The van der Waals surface area contributed by atoms with Crippen LogP contribution in [-0.2, 0) is 19.0 Å². The third kappa shape index (κ3) is 4.32. The van der Waals surface area contributed by atoms with E-state index in [1.165, 1.54) is 0 Å². The molecular formula is C21H26ClN3O5. The first kappa shape index (κ1) is 21.1. The quantitative estimate of drug-likeness (QED) is 0.690. The lowest BCUT2D eigenvalue weighted by Crippen LogP contribution is -2.51. The molecular weight excluding hydrogens is 410 g/mol. The molecule has 0 radical (unpaired) electrons. The summed E-state index contributed by atoms with van der Waals surface area (Å²) < 4.78 is 16.9. The molecule has 0 bridgehead atoms. The van der Waals surface area contributed by atoms with Crippen LogP contribution >= 0.6 is 11.6 Å². The van der Waals surface area contributed by atoms with Gasteiger partial charge < -0.3 is 24.8 Å². The van der Waals surface area contributed by atoms with Crippen LogP contribution in [0.1, 0.15) is 31.4 Å². The average Bonchev–Trinajstić information content (AvgIpc) is 3.18. The molecule has 0 aromatic heterocycles. The van der Waals surface area contributed by atoms with Crippen LogP contribution in [0.3, 0.4) is 0 Å². The zero-order chi connectivity index (χ0) is 21.1. The van der Waals surface area contributed by atoms with E-state index in [1.54, 1.807) is 25.1 Å². The number of likely N-dealkylation sites (tertiary alicyclic amines) is 1. The highest BCUT2D eigenvalue weighted by molar-refractivity contribution is 6.31. The highest BCUT2D eigenvalue weighted by Crippen LogP contribution is 2.34. The molecule has 2 N–H and O–H groups in total. The number of ether oxygens (including phenoxy) is 3. The van der Waals surface area contributed by atoms with Crippen molar-refractivity contribution >= 4 is 23.6 Å². The number of piperidine rings is 1. The minimum atomic E-state index is -0.681. The summed E-state index contributed by atoms with van der Waals surface area (Å²) in [7, 11) is 0. The summed E-state index contributed by atoms with van der Waals surface area (Å²) in [5, 5.41) is 6.11. The lowest BCUT2D eigenvalue weighted by atomic mass is 9.94. The van der Waals surface area contributed by atoms with Crippen LogP contribution in [0.2, 0.25) is 5.02 Å². The van der Waals surface area contributed by atoms with Gasteiger partial charge in [-0.3, -0.25) is 4.90 Å². The van der Waals surface area contributed by atoms with E-state index in [0.29, 0.717) is 41.6 Å². The molecule has 2 amide bonds. The number of esters is 1. The number of hydrogen-bond donors (Lipinski definition) is 2. The summed E-state index contributed by atoms with van der Waals surface area (Å²) in [6, 6.07) is 6.11. The summed E-state index contributed by atoms with van der Waals surface area (Å²) in [4.78, 5) is 27.5. The zero-order valence-corrected chi connectivity index (χ0v) is 17.7. The van der Waals surface area contributed by atoms with Crippen molar-refractivity contribution in [3.8, 4) is 0 Å². The van der Waals surface area contributed by atoms with E-state index < -0.39 is 17.8 Å². The van der Waals surface area contributed by atoms with Gasteiger partial charge in [-0.15, -0.1) is 0 Å². The van der Waals surface area contributed by atoms with Crippen molar-refractivity contribution in [3.63, 3.8) is 0 Å². The molecule has 1 atom stereocenters. The first-order valence-electron chi connectivity index (χ1n) is 10.2. The molecule has 3 heterocycles. The normalized spacial score (nSPS) is 23.9. The molecule has 1 aromatic carbocycles. The second-order valence-corrected chi connectivity index (χ2v) is 7.96. The SMILES string of the molecule is CCOC(=O)C1=C(CN2CCC3(CC2)OCCO3)NC(=O)N[C@H]1c1ccccc1Cl. The minimum absolute atomic E-state index is 0.236. The molecule has 2 saturated heterocycles. The van der Waals surface area contributed by atoms with Crippen LogP contribution in [-0.4, -0.2) is 62.1 Å². The lowest BCUT2D eigenvalue weighted by molar-refractivity contribution is -0.184. The van der Waals surface area contributed by atoms with Gasteiger partial charge in [0.25, 0.3) is 0 Å². The monoisotopic (exact) mass is 435 g/mol. The Bertz CT molecular complexity index is 843. The van der Waals surface area contributed by atoms with Gasteiger partial charge in [-0.1, -0.05) is 29.8 Å². The number of nitrogens with zero attached hydrogens (tertiary/aromatic N) is 1. The third-order valence-electron chi connectivity index (χ3n) is 5.68. The molecule has 3 aliphatic rings. The molecule has 0 saturated carbocycles. The Morgan fingerprint density at radius 2 is 1.97 bits per heavy atom. The minimum Gasteiger partial charge on any atom is -0.463 e. The van der Waals surface area contributed by atoms with Crippen LogP contribution < -0.4 is 10.6 Å². The third-order valence-corrected chi connectivity index (χ3v) is 6.02. The molecule has 8 nitrogen and oxygen atoms in total. The first-order valence-corrected chi connectivity index (χ1v) is 10.6. The Morgan fingerprint density at radius 1 is 1.27 bits per heavy atom. The van der Waals surface area contributed by atoms with E-state index in [2.05, 4.69) is 15.5 Å². The summed E-state index contributed by atoms with van der Waals surface area (Å²) in [5.74, 6) is -0.951. The van der Waals surface area contributed by atoms with Gasteiger partial charge in [0.05, 0.1) is 31.4 Å². The number of carbonyl (C=O) groups is 2. The number of halogens is 1. The molecule has 3 aliphatic heterocycles. The van der Waals surface area contributed by atoms with E-state index in [-0.39, 0.29) is 12.6 Å². The lowest BCUT2D eigenvalue weighted by Gasteiger charge is -2.39. The number of urea groups is 1. The van der Waals surface area contributed by atoms with Crippen LogP contribution in [0.5, 0.6) is 0 Å². The van der Waals surface area contributed by atoms with Crippen molar-refractivity contribution < 1.29 is 23.8 Å². The average molecular weight is 436 g/mol. The maximum atomic E-state index is 12.9. The topological polar surface area (TPSA) is 89.1 Å². The Balaban J connectivity index is 1.61. The maximum Gasteiger partial charge on any atom is 0.338 e. The number of carbonyl (C=O) groups excluding carboxylic acids is 2. The van der Waals surface area contributed by atoms with Crippen molar-refractivity contribution in [1.29, 1.82) is 0 Å². The van der Waals surface area contributed by atoms with Gasteiger partial charge >= 0.3 is 12.0 Å². The van der Waals surface area contributed by atoms with Crippen LogP contribution in [0.4, 0.5) is 4.79 Å². The number of hydrogen-bond acceptors (Lipinski definition) is 6. The second kappa shape index (κ2) is 8.93. The van der Waals surface area contributed by atoms with Gasteiger partial charge in [0.15, 0.2) is 5.79 Å². The molecule has 0 unspecified atom stereocenters. The van der Waals surface area contributed by atoms with Gasteiger partial charge in [-0.25, -0.2) is 9.59 Å². The van der Waals surface area contributed by atoms with Crippen LogP contribution in [0.15, 0.2) is 35.5 Å². The highest BCUT2D eigenvalue weighted by Gasteiger charge is 2.41. The molecule has 30 heavy (non-hydrogen) atoms. The van der Waals surface area contributed by atoms with Gasteiger partial charge in [0, 0.05) is 43.2 Å². The number of nitrogens with one attached hydrogen (secondary N) is 2. The molecule has 162 valence electrons.